The molecule has 0 atom stereocenters. The van der Waals surface area contributed by atoms with E-state index in [0.717, 1.165) is 25.7 Å². The average Bonchev–Trinajstić information content (AvgIpc) is 2.04. The van der Waals surface area contributed by atoms with E-state index in [-0.39, 0.29) is 6.61 Å². The summed E-state index contributed by atoms with van der Waals surface area (Å²) in [5.41, 5.74) is 0.828. The van der Waals surface area contributed by atoms with Crippen molar-refractivity contribution in [1.82, 2.24) is 0 Å². The van der Waals surface area contributed by atoms with Crippen molar-refractivity contribution in [2.75, 3.05) is 6.61 Å². The minimum absolute atomic E-state index is 0.138. The molecule has 0 aromatic heterocycles. The molecule has 0 spiro atoms. The molecule has 0 radical (unpaired) electrons. The van der Waals surface area contributed by atoms with Crippen molar-refractivity contribution in [2.24, 2.45) is 5.92 Å². The molecule has 2 N–H and O–H groups in total. The predicted molar refractivity (Wildman–Crippen MR) is 53.4 cm³/mol. The van der Waals surface area contributed by atoms with Gasteiger partial charge < -0.3 is 10.2 Å². The number of aliphatic hydroxyl groups is 2. The van der Waals surface area contributed by atoms with Gasteiger partial charge in [0, 0.05) is 0 Å². The molecule has 0 aromatic rings. The summed E-state index contributed by atoms with van der Waals surface area (Å²) in [5.74, 6) is 0.576. The van der Waals surface area contributed by atoms with E-state index in [2.05, 4.69) is 6.92 Å². The van der Waals surface area contributed by atoms with Crippen molar-refractivity contribution in [3.8, 4) is 0 Å². The molecule has 1 saturated carbocycles. The second kappa shape index (κ2) is 4.25. The largest absolute Gasteiger partial charge is 0.392 e. The molecule has 76 valence electrons. The highest BCUT2D eigenvalue weighted by molar-refractivity contribution is 5.05. The van der Waals surface area contributed by atoms with Gasteiger partial charge in [-0.3, -0.25) is 0 Å². The van der Waals surface area contributed by atoms with E-state index in [1.165, 1.54) is 5.57 Å². The summed E-state index contributed by atoms with van der Waals surface area (Å²) in [6, 6.07) is 0. The van der Waals surface area contributed by atoms with Crippen LogP contribution in [-0.4, -0.2) is 22.4 Å². The van der Waals surface area contributed by atoms with Gasteiger partial charge in [-0.25, -0.2) is 0 Å². The third-order valence-electron chi connectivity index (χ3n) is 3.12. The maximum Gasteiger partial charge on any atom is 0.0620 e. The van der Waals surface area contributed by atoms with Gasteiger partial charge in [0.2, 0.25) is 0 Å². The number of aliphatic hydroxyl groups excluding tert-OH is 1. The molecule has 13 heavy (non-hydrogen) atoms. The van der Waals surface area contributed by atoms with Crippen LogP contribution in [0.25, 0.3) is 0 Å². The average molecular weight is 184 g/mol. The van der Waals surface area contributed by atoms with E-state index < -0.39 is 5.60 Å². The number of rotatable bonds is 2. The lowest BCUT2D eigenvalue weighted by Crippen LogP contribution is -2.30. The summed E-state index contributed by atoms with van der Waals surface area (Å²) in [7, 11) is 0. The molecule has 1 aliphatic rings. The van der Waals surface area contributed by atoms with Crippen LogP contribution in [0.2, 0.25) is 0 Å². The van der Waals surface area contributed by atoms with Gasteiger partial charge in [-0.05, 0) is 45.4 Å². The Morgan fingerprint density at radius 3 is 2.46 bits per heavy atom. The van der Waals surface area contributed by atoms with Crippen LogP contribution in [0.1, 0.15) is 39.5 Å². The Bertz CT molecular complexity index is 184. The topological polar surface area (TPSA) is 40.5 Å². The number of allylic oxidation sites excluding steroid dienone is 1. The van der Waals surface area contributed by atoms with Gasteiger partial charge in [0.15, 0.2) is 0 Å². The molecule has 0 heterocycles. The number of hydrogen-bond acceptors (Lipinski definition) is 2. The van der Waals surface area contributed by atoms with Gasteiger partial charge >= 0.3 is 0 Å². The highest BCUT2D eigenvalue weighted by Crippen LogP contribution is 2.35. The first kappa shape index (κ1) is 10.7. The minimum atomic E-state index is -0.448. The summed E-state index contributed by atoms with van der Waals surface area (Å²) in [6.07, 6.45) is 5.75. The van der Waals surface area contributed by atoms with Crippen molar-refractivity contribution < 1.29 is 10.2 Å². The van der Waals surface area contributed by atoms with Gasteiger partial charge in [-0.2, -0.15) is 0 Å². The molecule has 1 rings (SSSR count). The molecule has 1 aliphatic carbocycles. The van der Waals surface area contributed by atoms with E-state index in [4.69, 9.17) is 5.11 Å². The van der Waals surface area contributed by atoms with Gasteiger partial charge in [-0.15, -0.1) is 0 Å². The van der Waals surface area contributed by atoms with Crippen molar-refractivity contribution in [3.63, 3.8) is 0 Å². The molecule has 2 heteroatoms. The van der Waals surface area contributed by atoms with E-state index in [1.807, 2.05) is 13.0 Å². The molecule has 0 bridgehead atoms. The molecule has 0 aromatic carbocycles. The third-order valence-corrected chi connectivity index (χ3v) is 3.12. The van der Waals surface area contributed by atoms with E-state index in [1.54, 1.807) is 0 Å². The molecular weight excluding hydrogens is 164 g/mol. The summed E-state index contributed by atoms with van der Waals surface area (Å²) in [5, 5.41) is 18.5. The Labute approximate surface area is 80.3 Å². The van der Waals surface area contributed by atoms with Crippen LogP contribution >= 0.6 is 0 Å². The Morgan fingerprint density at radius 2 is 2.00 bits per heavy atom. The molecular formula is C11H20O2. The van der Waals surface area contributed by atoms with E-state index in [0.29, 0.717) is 5.92 Å². The Kier molecular flexibility index (Phi) is 3.51. The van der Waals surface area contributed by atoms with Crippen LogP contribution in [0.3, 0.4) is 0 Å². The highest BCUT2D eigenvalue weighted by Gasteiger charge is 2.28. The fourth-order valence-corrected chi connectivity index (χ4v) is 2.01. The second-order valence-electron chi connectivity index (χ2n) is 4.40. The maximum atomic E-state index is 9.74. The first-order chi connectivity index (χ1) is 6.05. The first-order valence-corrected chi connectivity index (χ1v) is 5.05. The van der Waals surface area contributed by atoms with Crippen molar-refractivity contribution in [3.05, 3.63) is 11.6 Å². The molecule has 2 nitrogen and oxygen atoms in total. The molecule has 0 saturated heterocycles. The molecule has 0 unspecified atom stereocenters. The van der Waals surface area contributed by atoms with Gasteiger partial charge in [-0.1, -0.05) is 11.6 Å². The smallest absolute Gasteiger partial charge is 0.0620 e. The highest BCUT2D eigenvalue weighted by atomic mass is 16.3. The third kappa shape index (κ3) is 3.12. The lowest BCUT2D eigenvalue weighted by Gasteiger charge is -2.33. The monoisotopic (exact) mass is 184 g/mol. The van der Waals surface area contributed by atoms with Crippen LogP contribution in [0, 0.1) is 5.92 Å². The quantitative estimate of drug-likeness (QED) is 0.643. The zero-order chi connectivity index (χ0) is 9.90. The van der Waals surface area contributed by atoms with Crippen LogP contribution in [0.4, 0.5) is 0 Å². The Hall–Kier alpha value is -0.340. The van der Waals surface area contributed by atoms with Crippen LogP contribution in [0.15, 0.2) is 11.6 Å². The number of hydrogen-bond donors (Lipinski definition) is 2. The van der Waals surface area contributed by atoms with Crippen molar-refractivity contribution in [1.29, 1.82) is 0 Å². The fourth-order valence-electron chi connectivity index (χ4n) is 2.01. The standard InChI is InChI=1S/C11H20O2/c1-9(5-8-12)10-3-6-11(2,13)7-4-10/h5,10,12-13H,3-4,6-8H2,1-2H3/b9-5+. The lowest BCUT2D eigenvalue weighted by molar-refractivity contribution is 0.0125. The van der Waals surface area contributed by atoms with Crippen LogP contribution in [-0.2, 0) is 0 Å². The van der Waals surface area contributed by atoms with E-state index >= 15 is 0 Å². The fraction of sp³-hybridized carbons (Fsp3) is 0.818. The SMILES string of the molecule is C/C(=C\CO)C1CCC(C)(O)CC1. The second-order valence-corrected chi connectivity index (χ2v) is 4.40. The Balaban J connectivity index is 2.45. The summed E-state index contributed by atoms with van der Waals surface area (Å²) >= 11 is 0. The zero-order valence-corrected chi connectivity index (χ0v) is 8.58. The first-order valence-electron chi connectivity index (χ1n) is 5.05. The van der Waals surface area contributed by atoms with Crippen LogP contribution in [0.5, 0.6) is 0 Å². The Morgan fingerprint density at radius 1 is 1.46 bits per heavy atom. The summed E-state index contributed by atoms with van der Waals surface area (Å²) < 4.78 is 0. The maximum absolute atomic E-state index is 9.74. The molecule has 0 aliphatic heterocycles. The summed E-state index contributed by atoms with van der Waals surface area (Å²) in [4.78, 5) is 0. The van der Waals surface area contributed by atoms with Gasteiger partial charge in [0.05, 0.1) is 12.2 Å². The predicted octanol–water partition coefficient (Wildman–Crippen LogP) is 1.87. The van der Waals surface area contributed by atoms with E-state index in [9.17, 15) is 5.11 Å². The van der Waals surface area contributed by atoms with Crippen molar-refractivity contribution >= 4 is 0 Å². The lowest BCUT2D eigenvalue weighted by atomic mass is 9.77. The van der Waals surface area contributed by atoms with Gasteiger partial charge in [0.25, 0.3) is 0 Å². The zero-order valence-electron chi connectivity index (χ0n) is 8.58. The molecule has 1 fully saturated rings. The minimum Gasteiger partial charge on any atom is -0.392 e. The van der Waals surface area contributed by atoms with Gasteiger partial charge in [0.1, 0.15) is 0 Å². The van der Waals surface area contributed by atoms with Crippen molar-refractivity contribution in [2.45, 2.75) is 45.1 Å². The summed E-state index contributed by atoms with van der Waals surface area (Å²) in [6.45, 7) is 4.12. The normalized spacial score (nSPS) is 36.3. The van der Waals surface area contributed by atoms with Crippen LogP contribution < -0.4 is 0 Å². The molecule has 0 amide bonds.